The van der Waals surface area contributed by atoms with Crippen molar-refractivity contribution in [2.24, 2.45) is 11.1 Å². The zero-order valence-electron chi connectivity index (χ0n) is 10.6. The van der Waals surface area contributed by atoms with E-state index in [9.17, 15) is 9.59 Å². The molecule has 0 bridgehead atoms. The number of primary amides is 1. The molecule has 0 aliphatic carbocycles. The van der Waals surface area contributed by atoms with Crippen molar-refractivity contribution in [2.45, 2.75) is 20.3 Å². The smallest absolute Gasteiger partial charge is 0.309 e. The molecule has 0 fully saturated rings. The molecular formula is C12H14ClNO3. The molecule has 5 heteroatoms. The number of benzene rings is 1. The lowest BCUT2D eigenvalue weighted by atomic mass is 9.85. The van der Waals surface area contributed by atoms with Gasteiger partial charge in [0.15, 0.2) is 1.41 Å². The number of rotatable bonds is 4. The van der Waals surface area contributed by atoms with E-state index in [4.69, 9.17) is 18.1 Å². The molecular weight excluding hydrogens is 242 g/mol. The molecule has 1 rings (SSSR count). The van der Waals surface area contributed by atoms with E-state index < -0.39 is 17.3 Å². The Bertz CT molecular complexity index is 488. The molecule has 17 heavy (non-hydrogen) atoms. The Morgan fingerprint density at radius 1 is 1.47 bits per heavy atom. The number of amides is 1. The van der Waals surface area contributed by atoms with Gasteiger partial charge in [0.25, 0.3) is 0 Å². The lowest BCUT2D eigenvalue weighted by molar-refractivity contribution is -0.146. The van der Waals surface area contributed by atoms with Gasteiger partial charge in [-0.1, -0.05) is 11.6 Å². The number of carbonyl (C=O) groups excluding carboxylic acids is 1. The summed E-state index contributed by atoms with van der Waals surface area (Å²) >= 11 is 5.87. The minimum atomic E-state index is -0.945. The van der Waals surface area contributed by atoms with E-state index in [2.05, 4.69) is 0 Å². The minimum Gasteiger partial charge on any atom is -0.481 e. The van der Waals surface area contributed by atoms with Crippen LogP contribution in [-0.2, 0) is 11.2 Å². The van der Waals surface area contributed by atoms with Crippen molar-refractivity contribution >= 4 is 23.5 Å². The molecule has 0 spiro atoms. The molecule has 0 saturated carbocycles. The van der Waals surface area contributed by atoms with E-state index in [1.165, 1.54) is 6.07 Å². The van der Waals surface area contributed by atoms with Crippen LogP contribution >= 0.6 is 11.6 Å². The Morgan fingerprint density at radius 3 is 2.65 bits per heavy atom. The number of hydrogen-bond acceptors (Lipinski definition) is 2. The number of halogens is 1. The van der Waals surface area contributed by atoms with Gasteiger partial charge in [0.05, 0.1) is 5.41 Å². The van der Waals surface area contributed by atoms with Crippen molar-refractivity contribution in [1.82, 2.24) is 0 Å². The lowest BCUT2D eigenvalue weighted by Crippen LogP contribution is -2.26. The Kier molecular flexibility index (Phi) is 3.33. The van der Waals surface area contributed by atoms with Gasteiger partial charge >= 0.3 is 5.97 Å². The van der Waals surface area contributed by atoms with E-state index in [1.807, 2.05) is 0 Å². The normalized spacial score (nSPS) is 11.8. The lowest BCUT2D eigenvalue weighted by Gasteiger charge is -2.19. The zero-order chi connectivity index (χ0) is 13.9. The second-order valence-corrected chi connectivity index (χ2v) is 4.98. The highest BCUT2D eigenvalue weighted by molar-refractivity contribution is 6.31. The molecule has 3 N–H and O–H groups in total. The Morgan fingerprint density at radius 2 is 2.12 bits per heavy atom. The third kappa shape index (κ3) is 3.46. The summed E-state index contributed by atoms with van der Waals surface area (Å²) < 4.78 is 6.80. The first-order valence-electron chi connectivity index (χ1n) is 5.51. The van der Waals surface area contributed by atoms with Crippen molar-refractivity contribution in [2.75, 3.05) is 0 Å². The maximum Gasteiger partial charge on any atom is 0.309 e. The molecule has 0 heterocycles. The van der Waals surface area contributed by atoms with E-state index in [1.54, 1.807) is 31.7 Å². The van der Waals surface area contributed by atoms with Crippen molar-refractivity contribution in [3.63, 3.8) is 0 Å². The summed E-state index contributed by atoms with van der Waals surface area (Å²) in [4.78, 5) is 22.4. The van der Waals surface area contributed by atoms with Gasteiger partial charge in [-0.05, 0) is 44.0 Å². The fraction of sp³-hybridized carbons (Fsp3) is 0.333. The second-order valence-electron chi connectivity index (χ2n) is 4.54. The Balaban J connectivity index is 3.07. The monoisotopic (exact) mass is 256 g/mol. The largest absolute Gasteiger partial charge is 0.481 e. The van der Waals surface area contributed by atoms with Crippen molar-refractivity contribution in [3.05, 3.63) is 34.3 Å². The first kappa shape index (κ1) is 11.9. The molecule has 0 radical (unpaired) electrons. The molecule has 0 aliphatic rings. The number of aliphatic carboxylic acids is 1. The van der Waals surface area contributed by atoms with Gasteiger partial charge in [-0.25, -0.2) is 0 Å². The molecule has 92 valence electrons. The van der Waals surface area contributed by atoms with Crippen LogP contribution in [-0.4, -0.2) is 17.0 Å². The van der Waals surface area contributed by atoms with Crippen LogP contribution in [0.1, 0.15) is 29.8 Å². The fourth-order valence-electron chi connectivity index (χ4n) is 1.47. The molecule has 4 nitrogen and oxygen atoms in total. The summed E-state index contributed by atoms with van der Waals surface area (Å²) in [5.74, 6) is -1.50. The maximum atomic E-state index is 11.3. The number of carboxylic acids is 1. The third-order valence-corrected chi connectivity index (χ3v) is 2.66. The van der Waals surface area contributed by atoms with E-state index in [0.29, 0.717) is 10.6 Å². The molecule has 0 aromatic heterocycles. The number of nitrogens with two attached hydrogens (primary N) is 1. The molecule has 1 amide bonds. The SMILES string of the molecule is [2H]NC(=O)c1cc(Cl)cc(CC(C)(C)C(=O)O)c1. The average Bonchev–Trinajstić information content (AvgIpc) is 2.26. The van der Waals surface area contributed by atoms with Gasteiger partial charge in [-0.15, -0.1) is 0 Å². The summed E-state index contributed by atoms with van der Waals surface area (Å²) in [6, 6.07) is 4.59. The highest BCUT2D eigenvalue weighted by atomic mass is 35.5. The standard InChI is InChI=1S/C12H14ClNO3/c1-12(2,11(16)17)6-7-3-8(10(14)15)5-9(13)4-7/h3-5H,6H2,1-2H3,(H2,14,15)(H,16,17)/i/hD. The van der Waals surface area contributed by atoms with Crippen molar-refractivity contribution in [1.29, 1.82) is 0 Å². The fourth-order valence-corrected chi connectivity index (χ4v) is 1.73. The Labute approximate surface area is 106 Å². The molecule has 0 saturated heterocycles. The molecule has 0 atom stereocenters. The van der Waals surface area contributed by atoms with Crippen LogP contribution in [0.4, 0.5) is 0 Å². The van der Waals surface area contributed by atoms with Crippen molar-refractivity contribution < 1.29 is 16.1 Å². The second kappa shape index (κ2) is 4.75. The summed E-state index contributed by atoms with van der Waals surface area (Å²) in [7, 11) is 0. The van der Waals surface area contributed by atoms with Crippen LogP contribution in [0, 0.1) is 5.41 Å². The van der Waals surface area contributed by atoms with E-state index in [0.717, 1.165) is 0 Å². The van der Waals surface area contributed by atoms with Crippen LogP contribution in [0.2, 0.25) is 6.43 Å². The average molecular weight is 257 g/mol. The van der Waals surface area contributed by atoms with Gasteiger partial charge in [-0.2, -0.15) is 0 Å². The zero-order valence-corrected chi connectivity index (χ0v) is 10.3. The Hall–Kier alpha value is -1.55. The topological polar surface area (TPSA) is 80.4 Å². The highest BCUT2D eigenvalue weighted by Gasteiger charge is 2.27. The predicted molar refractivity (Wildman–Crippen MR) is 65.1 cm³/mol. The third-order valence-electron chi connectivity index (χ3n) is 2.44. The number of carboxylic acid groups (broad SMARTS) is 1. The molecule has 1 aromatic carbocycles. The molecule has 0 aliphatic heterocycles. The number of carbonyl (C=O) groups is 2. The summed E-state index contributed by atoms with van der Waals surface area (Å²) in [6.45, 7) is 3.20. The summed E-state index contributed by atoms with van der Waals surface area (Å²) in [5.41, 5.74) is 1.70. The quantitative estimate of drug-likeness (QED) is 0.866. The summed E-state index contributed by atoms with van der Waals surface area (Å²) in [5, 5.41) is 9.39. The first-order chi connectivity index (χ1) is 8.26. The van der Waals surface area contributed by atoms with E-state index in [-0.39, 0.29) is 12.0 Å². The minimum absolute atomic E-state index is 0.244. The van der Waals surface area contributed by atoms with Gasteiger partial charge in [0, 0.05) is 10.6 Å². The van der Waals surface area contributed by atoms with Crippen LogP contribution in [0.25, 0.3) is 0 Å². The highest BCUT2D eigenvalue weighted by Crippen LogP contribution is 2.25. The number of hydrogen-bond donors (Lipinski definition) is 2. The van der Waals surface area contributed by atoms with Gasteiger partial charge in [0.1, 0.15) is 0 Å². The van der Waals surface area contributed by atoms with Crippen molar-refractivity contribution in [3.8, 4) is 0 Å². The van der Waals surface area contributed by atoms with Crippen LogP contribution in [0.5, 0.6) is 0 Å². The van der Waals surface area contributed by atoms with E-state index >= 15 is 0 Å². The van der Waals surface area contributed by atoms with Crippen LogP contribution in [0.3, 0.4) is 0 Å². The molecule has 1 aromatic rings. The van der Waals surface area contributed by atoms with Gasteiger partial charge < -0.3 is 10.8 Å². The maximum absolute atomic E-state index is 11.3. The van der Waals surface area contributed by atoms with Gasteiger partial charge in [0.2, 0.25) is 5.91 Å². The molecule has 0 unspecified atom stereocenters. The van der Waals surface area contributed by atoms with Crippen LogP contribution in [0.15, 0.2) is 18.2 Å². The predicted octanol–water partition coefficient (Wildman–Crippen LogP) is 2.09. The first-order valence-corrected chi connectivity index (χ1v) is 5.39. The van der Waals surface area contributed by atoms with Gasteiger partial charge in [-0.3, -0.25) is 9.59 Å². The van der Waals surface area contributed by atoms with Crippen LogP contribution < -0.4 is 5.73 Å². The summed E-state index contributed by atoms with van der Waals surface area (Å²) in [6.07, 6.45) is 0.251.